The van der Waals surface area contributed by atoms with Gasteiger partial charge < -0.3 is 10.3 Å². The van der Waals surface area contributed by atoms with Crippen LogP contribution in [-0.2, 0) is 6.54 Å². The molecule has 0 atom stereocenters. The molecule has 3 nitrogen and oxygen atoms in total. The molecule has 1 aromatic rings. The summed E-state index contributed by atoms with van der Waals surface area (Å²) in [5.74, 6) is 3.63. The lowest BCUT2D eigenvalue weighted by molar-refractivity contribution is 0.412. The largest absolute Gasteiger partial charge is 0.384 e. The lowest BCUT2D eigenvalue weighted by Gasteiger charge is -2.24. The van der Waals surface area contributed by atoms with E-state index in [1.54, 1.807) is 0 Å². The standard InChI is InChI=1S/C16H27N3/c1-2-3-11-19-15(17)14(12-9-6-10-12)18-16(19)13-7-4-5-8-13/h12-13H,2-11,17H2,1H3. The van der Waals surface area contributed by atoms with E-state index >= 15 is 0 Å². The molecule has 106 valence electrons. The van der Waals surface area contributed by atoms with Gasteiger partial charge in [-0.1, -0.05) is 32.6 Å². The monoisotopic (exact) mass is 261 g/mol. The molecule has 1 heterocycles. The fraction of sp³-hybridized carbons (Fsp3) is 0.812. The van der Waals surface area contributed by atoms with Crippen molar-refractivity contribution in [2.24, 2.45) is 0 Å². The Morgan fingerprint density at radius 1 is 1.11 bits per heavy atom. The Hall–Kier alpha value is -0.990. The van der Waals surface area contributed by atoms with Crippen LogP contribution in [0.1, 0.15) is 88.1 Å². The van der Waals surface area contributed by atoms with Crippen molar-refractivity contribution in [3.05, 3.63) is 11.5 Å². The first-order valence-corrected chi connectivity index (χ1v) is 8.17. The molecule has 2 saturated carbocycles. The van der Waals surface area contributed by atoms with Crippen molar-refractivity contribution in [3.63, 3.8) is 0 Å². The summed E-state index contributed by atoms with van der Waals surface area (Å²) in [5, 5.41) is 0. The lowest BCUT2D eigenvalue weighted by Crippen LogP contribution is -2.12. The van der Waals surface area contributed by atoms with Crippen molar-refractivity contribution in [2.75, 3.05) is 5.73 Å². The normalized spacial score (nSPS) is 20.9. The molecule has 2 aliphatic rings. The lowest BCUT2D eigenvalue weighted by atomic mass is 9.83. The molecule has 19 heavy (non-hydrogen) atoms. The summed E-state index contributed by atoms with van der Waals surface area (Å²) in [6.45, 7) is 3.31. The number of anilines is 1. The summed E-state index contributed by atoms with van der Waals surface area (Å²) < 4.78 is 2.35. The second kappa shape index (κ2) is 5.56. The van der Waals surface area contributed by atoms with Crippen molar-refractivity contribution < 1.29 is 0 Å². The Morgan fingerprint density at radius 3 is 2.37 bits per heavy atom. The average molecular weight is 261 g/mol. The maximum atomic E-state index is 6.42. The second-order valence-electron chi connectivity index (χ2n) is 6.35. The highest BCUT2D eigenvalue weighted by atomic mass is 15.1. The van der Waals surface area contributed by atoms with Crippen molar-refractivity contribution in [1.82, 2.24) is 9.55 Å². The number of nitrogen functional groups attached to an aromatic ring is 1. The van der Waals surface area contributed by atoms with E-state index in [0.29, 0.717) is 11.8 Å². The van der Waals surface area contributed by atoms with Crippen molar-refractivity contribution in [3.8, 4) is 0 Å². The number of nitrogens with zero attached hydrogens (tertiary/aromatic N) is 2. The van der Waals surface area contributed by atoms with E-state index < -0.39 is 0 Å². The third kappa shape index (κ3) is 2.39. The van der Waals surface area contributed by atoms with Gasteiger partial charge in [0.25, 0.3) is 0 Å². The number of rotatable bonds is 5. The van der Waals surface area contributed by atoms with Crippen LogP contribution in [0.15, 0.2) is 0 Å². The van der Waals surface area contributed by atoms with E-state index in [1.807, 2.05) is 0 Å². The Morgan fingerprint density at radius 2 is 1.79 bits per heavy atom. The zero-order chi connectivity index (χ0) is 13.2. The van der Waals surface area contributed by atoms with Gasteiger partial charge in [-0.3, -0.25) is 0 Å². The first-order chi connectivity index (χ1) is 9.31. The van der Waals surface area contributed by atoms with Crippen LogP contribution >= 0.6 is 0 Å². The Kier molecular flexibility index (Phi) is 3.81. The number of unbranched alkanes of at least 4 members (excludes halogenated alkanes) is 1. The Balaban J connectivity index is 1.89. The molecule has 0 aromatic carbocycles. The van der Waals surface area contributed by atoms with Gasteiger partial charge in [0.15, 0.2) is 0 Å². The molecular weight excluding hydrogens is 234 g/mol. The summed E-state index contributed by atoms with van der Waals surface area (Å²) in [5.41, 5.74) is 7.65. The fourth-order valence-corrected chi connectivity index (χ4v) is 3.53. The van der Waals surface area contributed by atoms with Crippen LogP contribution in [-0.4, -0.2) is 9.55 Å². The van der Waals surface area contributed by atoms with Crippen LogP contribution in [0, 0.1) is 0 Å². The molecule has 2 N–H and O–H groups in total. The van der Waals surface area contributed by atoms with Gasteiger partial charge in [-0.25, -0.2) is 4.98 Å². The van der Waals surface area contributed by atoms with Crippen molar-refractivity contribution in [2.45, 2.75) is 83.1 Å². The van der Waals surface area contributed by atoms with Crippen LogP contribution in [0.4, 0.5) is 5.82 Å². The molecule has 0 unspecified atom stereocenters. The summed E-state index contributed by atoms with van der Waals surface area (Å²) in [7, 11) is 0. The second-order valence-corrected chi connectivity index (χ2v) is 6.35. The van der Waals surface area contributed by atoms with Gasteiger partial charge in [-0.15, -0.1) is 0 Å². The maximum Gasteiger partial charge on any atom is 0.127 e. The van der Waals surface area contributed by atoms with Gasteiger partial charge in [0.2, 0.25) is 0 Å². The van der Waals surface area contributed by atoms with Gasteiger partial charge in [-0.2, -0.15) is 0 Å². The zero-order valence-electron chi connectivity index (χ0n) is 12.2. The van der Waals surface area contributed by atoms with E-state index in [-0.39, 0.29) is 0 Å². The quantitative estimate of drug-likeness (QED) is 0.863. The minimum atomic E-state index is 0.656. The highest BCUT2D eigenvalue weighted by molar-refractivity contribution is 5.42. The number of hydrogen-bond acceptors (Lipinski definition) is 2. The molecule has 3 heteroatoms. The van der Waals surface area contributed by atoms with Crippen LogP contribution in [0.2, 0.25) is 0 Å². The van der Waals surface area contributed by atoms with Crippen LogP contribution < -0.4 is 5.73 Å². The summed E-state index contributed by atoms with van der Waals surface area (Å²) >= 11 is 0. The first kappa shape index (κ1) is 13.0. The third-order valence-corrected chi connectivity index (χ3v) is 5.01. The topological polar surface area (TPSA) is 43.8 Å². The molecule has 2 aliphatic carbocycles. The number of nitrogens with two attached hydrogens (primary N) is 1. The number of aromatic nitrogens is 2. The van der Waals surface area contributed by atoms with Crippen molar-refractivity contribution >= 4 is 5.82 Å². The smallest absolute Gasteiger partial charge is 0.127 e. The number of imidazole rings is 1. The molecule has 0 saturated heterocycles. The summed E-state index contributed by atoms with van der Waals surface area (Å²) in [4.78, 5) is 5.00. The zero-order valence-corrected chi connectivity index (χ0v) is 12.2. The van der Waals surface area contributed by atoms with E-state index in [2.05, 4.69) is 11.5 Å². The average Bonchev–Trinajstić information content (AvgIpc) is 2.95. The van der Waals surface area contributed by atoms with E-state index in [0.717, 1.165) is 12.4 Å². The fourth-order valence-electron chi connectivity index (χ4n) is 3.53. The van der Waals surface area contributed by atoms with E-state index in [4.69, 9.17) is 10.7 Å². The van der Waals surface area contributed by atoms with Crippen LogP contribution in [0.5, 0.6) is 0 Å². The van der Waals surface area contributed by atoms with Gasteiger partial charge >= 0.3 is 0 Å². The molecule has 0 aliphatic heterocycles. The van der Waals surface area contributed by atoms with E-state index in [9.17, 15) is 0 Å². The third-order valence-electron chi connectivity index (χ3n) is 5.01. The molecule has 0 bridgehead atoms. The van der Waals surface area contributed by atoms with Gasteiger partial charge in [0.1, 0.15) is 11.6 Å². The predicted molar refractivity (Wildman–Crippen MR) is 79.3 cm³/mol. The van der Waals surface area contributed by atoms with Crippen LogP contribution in [0.25, 0.3) is 0 Å². The highest BCUT2D eigenvalue weighted by Gasteiger charge is 2.30. The summed E-state index contributed by atoms with van der Waals surface area (Å²) in [6, 6.07) is 0. The minimum absolute atomic E-state index is 0.656. The minimum Gasteiger partial charge on any atom is -0.384 e. The van der Waals surface area contributed by atoms with E-state index in [1.165, 1.54) is 69.3 Å². The van der Waals surface area contributed by atoms with Gasteiger partial charge in [-0.05, 0) is 32.1 Å². The predicted octanol–water partition coefficient (Wildman–Crippen LogP) is 4.19. The Labute approximate surface area is 116 Å². The molecule has 0 amide bonds. The molecule has 0 spiro atoms. The molecular formula is C16H27N3. The summed E-state index contributed by atoms with van der Waals surface area (Å²) in [6.07, 6.45) is 11.7. The SMILES string of the molecule is CCCCn1c(C2CCCC2)nc(C2CCC2)c1N. The Bertz CT molecular complexity index is 425. The molecule has 0 radical (unpaired) electrons. The number of hydrogen-bond donors (Lipinski definition) is 1. The highest BCUT2D eigenvalue weighted by Crippen LogP contribution is 2.42. The van der Waals surface area contributed by atoms with Crippen molar-refractivity contribution in [1.29, 1.82) is 0 Å². The maximum absolute atomic E-state index is 6.42. The van der Waals surface area contributed by atoms with Gasteiger partial charge in [0.05, 0.1) is 5.69 Å². The van der Waals surface area contributed by atoms with Crippen LogP contribution in [0.3, 0.4) is 0 Å². The molecule has 2 fully saturated rings. The van der Waals surface area contributed by atoms with Gasteiger partial charge in [0, 0.05) is 18.4 Å². The molecule has 1 aromatic heterocycles. The first-order valence-electron chi connectivity index (χ1n) is 8.17. The molecule has 3 rings (SSSR count).